The first-order valence-corrected chi connectivity index (χ1v) is 5.62. The van der Waals surface area contributed by atoms with Crippen LogP contribution in [-0.4, -0.2) is 29.7 Å². The Balaban J connectivity index is 2.55. The largest absolute Gasteiger partial charge is 0.479 e. The highest BCUT2D eigenvalue weighted by Gasteiger charge is 2.13. The maximum atomic E-state index is 11.6. The van der Waals surface area contributed by atoms with Crippen LogP contribution in [0.25, 0.3) is 0 Å². The summed E-state index contributed by atoms with van der Waals surface area (Å²) in [6.07, 6.45) is -0.991. The number of anilines is 1. The molecule has 0 aliphatic heterocycles. The van der Waals surface area contributed by atoms with Gasteiger partial charge in [-0.3, -0.25) is 4.79 Å². The van der Waals surface area contributed by atoms with Gasteiger partial charge in [-0.05, 0) is 38.0 Å². The van der Waals surface area contributed by atoms with E-state index >= 15 is 0 Å². The first-order valence-electron chi connectivity index (χ1n) is 5.62. The monoisotopic (exact) mass is 251 g/mol. The molecule has 0 unspecified atom stereocenters. The van der Waals surface area contributed by atoms with Crippen LogP contribution in [0.1, 0.15) is 18.1 Å². The van der Waals surface area contributed by atoms with Gasteiger partial charge < -0.3 is 15.2 Å². The Hall–Kier alpha value is -1.88. The van der Waals surface area contributed by atoms with E-state index < -0.39 is 12.1 Å². The number of aryl methyl sites for hydroxylation is 1. The Bertz CT molecular complexity index is 456. The molecule has 5 heteroatoms. The van der Waals surface area contributed by atoms with Gasteiger partial charge in [0.1, 0.15) is 6.61 Å². The van der Waals surface area contributed by atoms with Crippen LogP contribution < -0.4 is 5.32 Å². The van der Waals surface area contributed by atoms with Crippen molar-refractivity contribution in [1.29, 1.82) is 0 Å². The summed E-state index contributed by atoms with van der Waals surface area (Å²) in [4.78, 5) is 22.1. The second-order valence-electron chi connectivity index (χ2n) is 4.09. The van der Waals surface area contributed by atoms with Gasteiger partial charge in [0.15, 0.2) is 6.10 Å². The van der Waals surface area contributed by atoms with Crippen molar-refractivity contribution < 1.29 is 19.4 Å². The number of aliphatic carboxylic acids is 1. The lowest BCUT2D eigenvalue weighted by Crippen LogP contribution is -2.26. The fraction of sp³-hybridized carbons (Fsp3) is 0.385. The number of carbonyl (C=O) groups excluding carboxylic acids is 1. The van der Waals surface area contributed by atoms with E-state index in [1.165, 1.54) is 6.92 Å². The molecule has 0 fully saturated rings. The van der Waals surface area contributed by atoms with Gasteiger partial charge in [0.2, 0.25) is 5.91 Å². The van der Waals surface area contributed by atoms with E-state index in [9.17, 15) is 9.59 Å². The summed E-state index contributed by atoms with van der Waals surface area (Å²) >= 11 is 0. The zero-order valence-corrected chi connectivity index (χ0v) is 10.7. The number of nitrogens with one attached hydrogen (secondary N) is 1. The van der Waals surface area contributed by atoms with Gasteiger partial charge in [-0.1, -0.05) is 12.1 Å². The van der Waals surface area contributed by atoms with E-state index in [1.54, 1.807) is 6.07 Å². The lowest BCUT2D eigenvalue weighted by molar-refractivity contribution is -0.150. The molecule has 0 saturated carbocycles. The average Bonchev–Trinajstić information content (AvgIpc) is 2.32. The van der Waals surface area contributed by atoms with Crippen molar-refractivity contribution in [2.24, 2.45) is 0 Å². The van der Waals surface area contributed by atoms with Gasteiger partial charge in [-0.15, -0.1) is 0 Å². The molecular weight excluding hydrogens is 234 g/mol. The molecule has 1 aromatic rings. The van der Waals surface area contributed by atoms with Crippen molar-refractivity contribution in [2.45, 2.75) is 26.9 Å². The minimum Gasteiger partial charge on any atom is -0.479 e. The normalized spacial score (nSPS) is 11.9. The van der Waals surface area contributed by atoms with Crippen LogP contribution in [0.3, 0.4) is 0 Å². The minimum absolute atomic E-state index is 0.277. The summed E-state index contributed by atoms with van der Waals surface area (Å²) in [5.41, 5.74) is 2.77. The first kappa shape index (κ1) is 14.2. The second kappa shape index (κ2) is 6.16. The summed E-state index contributed by atoms with van der Waals surface area (Å²) in [5.74, 6) is -1.45. The number of carboxylic acids is 1. The summed E-state index contributed by atoms with van der Waals surface area (Å²) in [7, 11) is 0. The van der Waals surface area contributed by atoms with Gasteiger partial charge in [-0.2, -0.15) is 0 Å². The SMILES string of the molecule is Cc1cccc(NC(=O)CO[C@H](C)C(=O)O)c1C. The zero-order chi connectivity index (χ0) is 13.7. The van der Waals surface area contributed by atoms with Crippen LogP contribution in [0.2, 0.25) is 0 Å². The number of benzene rings is 1. The molecule has 0 aliphatic rings. The van der Waals surface area contributed by atoms with Crippen molar-refractivity contribution >= 4 is 17.6 Å². The third-order valence-electron chi connectivity index (χ3n) is 2.69. The van der Waals surface area contributed by atoms with Crippen LogP contribution in [0, 0.1) is 13.8 Å². The van der Waals surface area contributed by atoms with Crippen LogP contribution in [0.5, 0.6) is 0 Å². The predicted molar refractivity (Wildman–Crippen MR) is 67.6 cm³/mol. The number of carboxylic acid groups (broad SMARTS) is 1. The Morgan fingerprint density at radius 2 is 2.06 bits per heavy atom. The van der Waals surface area contributed by atoms with Gasteiger partial charge >= 0.3 is 5.97 Å². The third-order valence-corrected chi connectivity index (χ3v) is 2.69. The fourth-order valence-corrected chi connectivity index (χ4v) is 1.34. The Morgan fingerprint density at radius 1 is 1.39 bits per heavy atom. The van der Waals surface area contributed by atoms with Crippen LogP contribution >= 0.6 is 0 Å². The third kappa shape index (κ3) is 3.85. The van der Waals surface area contributed by atoms with Crippen LogP contribution in [0.4, 0.5) is 5.69 Å². The van der Waals surface area contributed by atoms with E-state index in [0.717, 1.165) is 11.1 Å². The summed E-state index contributed by atoms with van der Waals surface area (Å²) in [6.45, 7) is 4.97. The van der Waals surface area contributed by atoms with E-state index in [0.29, 0.717) is 5.69 Å². The quantitative estimate of drug-likeness (QED) is 0.835. The summed E-state index contributed by atoms with van der Waals surface area (Å²) in [6, 6.07) is 5.59. The lowest BCUT2D eigenvalue weighted by Gasteiger charge is -2.11. The van der Waals surface area contributed by atoms with Crippen molar-refractivity contribution in [3.8, 4) is 0 Å². The smallest absolute Gasteiger partial charge is 0.332 e. The first-order chi connectivity index (χ1) is 8.41. The van der Waals surface area contributed by atoms with Gasteiger partial charge in [-0.25, -0.2) is 4.79 Å². The maximum Gasteiger partial charge on any atom is 0.332 e. The summed E-state index contributed by atoms with van der Waals surface area (Å²) in [5, 5.41) is 11.3. The molecule has 1 rings (SSSR count). The maximum absolute atomic E-state index is 11.6. The molecule has 98 valence electrons. The van der Waals surface area contributed by atoms with Crippen molar-refractivity contribution in [2.75, 3.05) is 11.9 Å². The minimum atomic E-state index is -1.09. The van der Waals surface area contributed by atoms with Crippen molar-refractivity contribution in [3.63, 3.8) is 0 Å². The molecule has 1 aromatic carbocycles. The molecule has 0 radical (unpaired) electrons. The summed E-state index contributed by atoms with van der Waals surface area (Å²) < 4.78 is 4.90. The molecule has 0 aromatic heterocycles. The van der Waals surface area contributed by atoms with E-state index in [1.807, 2.05) is 26.0 Å². The van der Waals surface area contributed by atoms with E-state index in [2.05, 4.69) is 5.32 Å². The molecule has 0 heterocycles. The molecule has 0 bridgehead atoms. The molecule has 0 spiro atoms. The Kier molecular flexibility index (Phi) is 4.85. The number of amides is 1. The van der Waals surface area contributed by atoms with E-state index in [-0.39, 0.29) is 12.5 Å². The van der Waals surface area contributed by atoms with Crippen LogP contribution in [-0.2, 0) is 14.3 Å². The molecule has 18 heavy (non-hydrogen) atoms. The van der Waals surface area contributed by atoms with E-state index in [4.69, 9.17) is 9.84 Å². The zero-order valence-electron chi connectivity index (χ0n) is 10.7. The molecular formula is C13H17NO4. The molecule has 0 saturated heterocycles. The number of carbonyl (C=O) groups is 2. The number of hydrogen-bond acceptors (Lipinski definition) is 3. The second-order valence-corrected chi connectivity index (χ2v) is 4.09. The topological polar surface area (TPSA) is 75.6 Å². The molecule has 5 nitrogen and oxygen atoms in total. The lowest BCUT2D eigenvalue weighted by atomic mass is 10.1. The number of hydrogen-bond donors (Lipinski definition) is 2. The van der Waals surface area contributed by atoms with Crippen molar-refractivity contribution in [3.05, 3.63) is 29.3 Å². The predicted octanol–water partition coefficient (Wildman–Crippen LogP) is 1.73. The molecule has 2 N–H and O–H groups in total. The molecule has 1 amide bonds. The highest BCUT2D eigenvalue weighted by molar-refractivity contribution is 5.92. The average molecular weight is 251 g/mol. The van der Waals surface area contributed by atoms with Gasteiger partial charge in [0, 0.05) is 5.69 Å². The fourth-order valence-electron chi connectivity index (χ4n) is 1.34. The highest BCUT2D eigenvalue weighted by Crippen LogP contribution is 2.17. The highest BCUT2D eigenvalue weighted by atomic mass is 16.5. The molecule has 1 atom stereocenters. The van der Waals surface area contributed by atoms with Crippen LogP contribution in [0.15, 0.2) is 18.2 Å². The Morgan fingerprint density at radius 3 is 2.67 bits per heavy atom. The van der Waals surface area contributed by atoms with Crippen molar-refractivity contribution in [1.82, 2.24) is 0 Å². The Labute approximate surface area is 106 Å². The standard InChI is InChI=1S/C13H17NO4/c1-8-5-4-6-11(9(8)2)14-12(15)7-18-10(3)13(16)17/h4-6,10H,7H2,1-3H3,(H,14,15)(H,16,17)/t10-/m1/s1. The number of ether oxygens (including phenoxy) is 1. The van der Waals surface area contributed by atoms with Gasteiger partial charge in [0.25, 0.3) is 0 Å². The van der Waals surface area contributed by atoms with Gasteiger partial charge in [0.05, 0.1) is 0 Å². The number of rotatable bonds is 5. The molecule has 0 aliphatic carbocycles.